The van der Waals surface area contributed by atoms with Crippen molar-refractivity contribution in [2.24, 2.45) is 0 Å². The van der Waals surface area contributed by atoms with Gasteiger partial charge < -0.3 is 10.2 Å². The van der Waals surface area contributed by atoms with Gasteiger partial charge in [-0.25, -0.2) is 9.97 Å². The fraction of sp³-hybridized carbons (Fsp3) is 0.389. The molecule has 0 fully saturated rings. The summed E-state index contributed by atoms with van der Waals surface area (Å²) in [6.07, 6.45) is -2.59. The van der Waals surface area contributed by atoms with E-state index in [-0.39, 0.29) is 11.4 Å². The summed E-state index contributed by atoms with van der Waals surface area (Å²) in [5.74, 6) is 0.220. The summed E-state index contributed by atoms with van der Waals surface area (Å²) < 4.78 is 39.2. The summed E-state index contributed by atoms with van der Waals surface area (Å²) in [5, 5.41) is 2.30. The number of alkyl halides is 3. The predicted octanol–water partition coefficient (Wildman–Crippen LogP) is 4.29. The fourth-order valence-electron chi connectivity index (χ4n) is 2.40. The lowest BCUT2D eigenvalue weighted by molar-refractivity contribution is -0.136. The number of hydrogen-bond donors (Lipinski definition) is 1. The Hall–Kier alpha value is -2.64. The van der Waals surface area contributed by atoms with Crippen LogP contribution in [0.5, 0.6) is 0 Å². The van der Waals surface area contributed by atoms with Crippen LogP contribution >= 0.6 is 0 Å². The lowest BCUT2D eigenvalue weighted by atomic mass is 10.1. The number of aromatic nitrogens is 2. The third kappa shape index (κ3) is 4.93. The molecular weight excluding hydrogens is 345 g/mol. The molecule has 0 aliphatic heterocycles. The molecule has 0 radical (unpaired) electrons. The van der Waals surface area contributed by atoms with Gasteiger partial charge in [0.15, 0.2) is 0 Å². The first kappa shape index (κ1) is 19.7. The third-order valence-electron chi connectivity index (χ3n) is 3.78. The number of unbranched alkanes of at least 4 members (excludes halogenated alkanes) is 1. The Labute approximate surface area is 150 Å². The molecule has 0 aliphatic rings. The number of rotatable bonds is 6. The third-order valence-corrected chi connectivity index (χ3v) is 3.78. The summed E-state index contributed by atoms with van der Waals surface area (Å²) in [5.41, 5.74) is -1.19. The van der Waals surface area contributed by atoms with Gasteiger partial charge in [-0.05, 0) is 25.5 Å². The van der Waals surface area contributed by atoms with E-state index in [1.54, 1.807) is 6.92 Å². The minimum atomic E-state index is -4.56. The van der Waals surface area contributed by atoms with Gasteiger partial charge in [0.25, 0.3) is 5.91 Å². The van der Waals surface area contributed by atoms with Gasteiger partial charge in [-0.15, -0.1) is 0 Å². The summed E-state index contributed by atoms with van der Waals surface area (Å²) in [4.78, 5) is 22.7. The van der Waals surface area contributed by atoms with E-state index in [2.05, 4.69) is 22.2 Å². The van der Waals surface area contributed by atoms with E-state index in [1.807, 2.05) is 11.9 Å². The van der Waals surface area contributed by atoms with Crippen LogP contribution in [0.2, 0.25) is 0 Å². The van der Waals surface area contributed by atoms with E-state index in [0.29, 0.717) is 11.6 Å². The van der Waals surface area contributed by atoms with Crippen LogP contribution in [-0.2, 0) is 6.18 Å². The lowest BCUT2D eigenvalue weighted by Gasteiger charge is -2.19. The van der Waals surface area contributed by atoms with Crippen LogP contribution in [-0.4, -0.2) is 29.5 Å². The zero-order valence-electron chi connectivity index (χ0n) is 14.9. The maximum Gasteiger partial charge on any atom is 0.418 e. The van der Waals surface area contributed by atoms with Crippen molar-refractivity contribution in [3.63, 3.8) is 0 Å². The summed E-state index contributed by atoms with van der Waals surface area (Å²) in [6, 6.07) is 6.32. The van der Waals surface area contributed by atoms with Crippen LogP contribution in [0.1, 0.15) is 41.6 Å². The molecule has 2 aromatic rings. The molecule has 0 saturated carbocycles. The SMILES string of the molecule is CCCCN(C)c1cc(C(=O)Nc2ccccc2C(F)(F)F)nc(C)n1. The smallest absolute Gasteiger partial charge is 0.360 e. The van der Waals surface area contributed by atoms with E-state index in [1.165, 1.54) is 24.3 Å². The van der Waals surface area contributed by atoms with Crippen molar-refractivity contribution in [1.29, 1.82) is 0 Å². The van der Waals surface area contributed by atoms with Crippen LogP contribution in [0.3, 0.4) is 0 Å². The number of anilines is 2. The van der Waals surface area contributed by atoms with Crippen molar-refractivity contribution in [3.05, 3.63) is 47.4 Å². The van der Waals surface area contributed by atoms with Crippen molar-refractivity contribution in [3.8, 4) is 0 Å². The molecule has 1 amide bonds. The average Bonchev–Trinajstić information content (AvgIpc) is 2.58. The Morgan fingerprint density at radius 2 is 1.92 bits per heavy atom. The monoisotopic (exact) mass is 366 g/mol. The topological polar surface area (TPSA) is 58.1 Å². The number of hydrogen-bond acceptors (Lipinski definition) is 4. The van der Waals surface area contributed by atoms with Gasteiger partial charge in [0.1, 0.15) is 17.3 Å². The van der Waals surface area contributed by atoms with Gasteiger partial charge in [-0.3, -0.25) is 4.79 Å². The normalized spacial score (nSPS) is 11.3. The number of carbonyl (C=O) groups is 1. The Kier molecular flexibility index (Phi) is 6.18. The zero-order chi connectivity index (χ0) is 19.3. The molecule has 140 valence electrons. The standard InChI is InChI=1S/C18H21F3N4O/c1-4-5-10-25(3)16-11-15(22-12(2)23-16)17(26)24-14-9-7-6-8-13(14)18(19,20)21/h6-9,11H,4-5,10H2,1-3H3,(H,24,26). The summed E-state index contributed by atoms with van der Waals surface area (Å²) in [6.45, 7) is 4.46. The molecular formula is C18H21F3N4O. The van der Waals surface area contributed by atoms with Crippen LogP contribution in [0, 0.1) is 6.92 Å². The molecule has 26 heavy (non-hydrogen) atoms. The van der Waals surface area contributed by atoms with E-state index in [4.69, 9.17) is 0 Å². The largest absolute Gasteiger partial charge is 0.418 e. The second-order valence-corrected chi connectivity index (χ2v) is 5.93. The predicted molar refractivity (Wildman–Crippen MR) is 94.3 cm³/mol. The quantitative estimate of drug-likeness (QED) is 0.828. The van der Waals surface area contributed by atoms with E-state index < -0.39 is 17.6 Å². The molecule has 2 rings (SSSR count). The van der Waals surface area contributed by atoms with Crippen molar-refractivity contribution >= 4 is 17.4 Å². The first-order valence-corrected chi connectivity index (χ1v) is 8.26. The first-order chi connectivity index (χ1) is 12.2. The second-order valence-electron chi connectivity index (χ2n) is 5.93. The average molecular weight is 366 g/mol. The van der Waals surface area contributed by atoms with Gasteiger partial charge in [-0.1, -0.05) is 25.5 Å². The molecule has 0 bridgehead atoms. The number of para-hydroxylation sites is 1. The molecule has 0 unspecified atom stereocenters. The van der Waals surface area contributed by atoms with Gasteiger partial charge in [0.05, 0.1) is 11.3 Å². The number of benzene rings is 1. The number of nitrogens with zero attached hydrogens (tertiary/aromatic N) is 3. The number of carbonyl (C=O) groups excluding carboxylic acids is 1. The maximum absolute atomic E-state index is 13.1. The second kappa shape index (κ2) is 8.16. The van der Waals surface area contributed by atoms with Crippen molar-refractivity contribution < 1.29 is 18.0 Å². The minimum absolute atomic E-state index is 0.0211. The van der Waals surface area contributed by atoms with E-state index in [9.17, 15) is 18.0 Å². The lowest BCUT2D eigenvalue weighted by Crippen LogP contribution is -2.23. The van der Waals surface area contributed by atoms with Gasteiger partial charge in [-0.2, -0.15) is 13.2 Å². The number of nitrogens with one attached hydrogen (secondary N) is 1. The molecule has 0 spiro atoms. The Bertz CT molecular complexity index is 777. The number of aryl methyl sites for hydroxylation is 1. The molecule has 8 heteroatoms. The van der Waals surface area contributed by atoms with Crippen molar-refractivity contribution in [2.75, 3.05) is 23.8 Å². The molecule has 0 saturated heterocycles. The van der Waals surface area contributed by atoms with E-state index in [0.717, 1.165) is 25.5 Å². The van der Waals surface area contributed by atoms with Crippen molar-refractivity contribution in [2.45, 2.75) is 32.9 Å². The van der Waals surface area contributed by atoms with Gasteiger partial charge in [0, 0.05) is 19.7 Å². The Morgan fingerprint density at radius 3 is 2.58 bits per heavy atom. The Morgan fingerprint density at radius 1 is 1.23 bits per heavy atom. The maximum atomic E-state index is 13.1. The molecule has 5 nitrogen and oxygen atoms in total. The highest BCUT2D eigenvalue weighted by Gasteiger charge is 2.33. The minimum Gasteiger partial charge on any atom is -0.360 e. The Balaban J connectivity index is 2.27. The highest BCUT2D eigenvalue weighted by atomic mass is 19.4. The number of amides is 1. The van der Waals surface area contributed by atoms with Gasteiger partial charge >= 0.3 is 6.18 Å². The van der Waals surface area contributed by atoms with Crippen LogP contribution < -0.4 is 10.2 Å². The molecule has 0 atom stereocenters. The highest BCUT2D eigenvalue weighted by Crippen LogP contribution is 2.34. The first-order valence-electron chi connectivity index (χ1n) is 8.26. The van der Waals surface area contributed by atoms with Gasteiger partial charge in [0.2, 0.25) is 0 Å². The summed E-state index contributed by atoms with van der Waals surface area (Å²) >= 11 is 0. The van der Waals surface area contributed by atoms with Crippen LogP contribution in [0.4, 0.5) is 24.7 Å². The van der Waals surface area contributed by atoms with Crippen LogP contribution in [0.15, 0.2) is 30.3 Å². The number of halogens is 3. The molecule has 1 aromatic heterocycles. The van der Waals surface area contributed by atoms with Crippen molar-refractivity contribution in [1.82, 2.24) is 9.97 Å². The van der Waals surface area contributed by atoms with E-state index >= 15 is 0 Å². The highest BCUT2D eigenvalue weighted by molar-refractivity contribution is 6.03. The zero-order valence-corrected chi connectivity index (χ0v) is 14.9. The summed E-state index contributed by atoms with van der Waals surface area (Å²) in [7, 11) is 1.85. The molecule has 1 aromatic carbocycles. The molecule has 0 aliphatic carbocycles. The van der Waals surface area contributed by atoms with Crippen LogP contribution in [0.25, 0.3) is 0 Å². The molecule has 1 heterocycles. The fourth-order valence-corrected chi connectivity index (χ4v) is 2.40. The molecule has 1 N–H and O–H groups in total.